The summed E-state index contributed by atoms with van der Waals surface area (Å²) in [6.07, 6.45) is 3.11. The fourth-order valence-corrected chi connectivity index (χ4v) is 2.12. The van der Waals surface area contributed by atoms with Gasteiger partial charge in [-0.2, -0.15) is 0 Å². The van der Waals surface area contributed by atoms with Crippen molar-refractivity contribution in [2.45, 2.75) is 32.1 Å². The molecule has 1 aliphatic carbocycles. The number of halogens is 1. The van der Waals surface area contributed by atoms with E-state index in [1.54, 1.807) is 6.07 Å². The summed E-state index contributed by atoms with van der Waals surface area (Å²) in [5, 5.41) is 9.22. The summed E-state index contributed by atoms with van der Waals surface area (Å²) in [7, 11) is 0. The van der Waals surface area contributed by atoms with Crippen LogP contribution in [0.3, 0.4) is 0 Å². The lowest BCUT2D eigenvalue weighted by molar-refractivity contribution is 0.431. The van der Waals surface area contributed by atoms with Crippen LogP contribution in [0, 0.1) is 5.82 Å². The van der Waals surface area contributed by atoms with Crippen LogP contribution in [0.4, 0.5) is 4.39 Å². The van der Waals surface area contributed by atoms with Crippen molar-refractivity contribution in [3.63, 3.8) is 0 Å². The van der Waals surface area contributed by atoms with Crippen molar-refractivity contribution >= 4 is 0 Å². The van der Waals surface area contributed by atoms with Gasteiger partial charge in [-0.25, -0.2) is 4.39 Å². The molecule has 0 fully saturated rings. The Kier molecular flexibility index (Phi) is 1.98. The number of aromatic hydroxyl groups is 1. The number of fused-ring (bicyclic) bond motifs is 1. The molecule has 1 unspecified atom stereocenters. The van der Waals surface area contributed by atoms with Gasteiger partial charge in [-0.1, -0.05) is 6.92 Å². The Bertz CT molecular complexity index is 333. The van der Waals surface area contributed by atoms with Crippen LogP contribution >= 0.6 is 0 Å². The molecule has 0 amide bonds. The Morgan fingerprint density at radius 1 is 1.54 bits per heavy atom. The number of rotatable bonds is 1. The van der Waals surface area contributed by atoms with E-state index in [2.05, 4.69) is 6.92 Å². The van der Waals surface area contributed by atoms with Gasteiger partial charge in [0.15, 0.2) is 11.6 Å². The van der Waals surface area contributed by atoms with Crippen molar-refractivity contribution in [2.24, 2.45) is 0 Å². The van der Waals surface area contributed by atoms with Crippen molar-refractivity contribution in [2.75, 3.05) is 0 Å². The molecule has 2 heteroatoms. The molecule has 0 bridgehead atoms. The third kappa shape index (κ3) is 1.30. The zero-order chi connectivity index (χ0) is 9.42. The second-order valence-electron chi connectivity index (χ2n) is 3.65. The minimum atomic E-state index is -0.490. The third-order valence-corrected chi connectivity index (χ3v) is 2.90. The van der Waals surface area contributed by atoms with E-state index in [0.717, 1.165) is 30.4 Å². The Morgan fingerprint density at radius 3 is 3.00 bits per heavy atom. The van der Waals surface area contributed by atoms with Crippen molar-refractivity contribution in [1.29, 1.82) is 0 Å². The van der Waals surface area contributed by atoms with E-state index in [1.165, 1.54) is 6.07 Å². The van der Waals surface area contributed by atoms with Gasteiger partial charge in [-0.05, 0) is 48.4 Å². The normalized spacial score (nSPS) is 20.3. The molecular formula is C11H13FO. The van der Waals surface area contributed by atoms with Crippen molar-refractivity contribution in [3.8, 4) is 5.75 Å². The first-order valence-electron chi connectivity index (χ1n) is 4.73. The number of phenolic OH excluding ortho intramolecular Hbond substituents is 1. The van der Waals surface area contributed by atoms with Gasteiger partial charge in [0.2, 0.25) is 0 Å². The van der Waals surface area contributed by atoms with Crippen LogP contribution in [0.2, 0.25) is 0 Å². The highest BCUT2D eigenvalue weighted by molar-refractivity contribution is 5.41. The van der Waals surface area contributed by atoms with Gasteiger partial charge < -0.3 is 5.11 Å². The Balaban J connectivity index is 2.47. The van der Waals surface area contributed by atoms with E-state index in [9.17, 15) is 9.50 Å². The molecule has 0 aromatic heterocycles. The van der Waals surface area contributed by atoms with Gasteiger partial charge in [0.05, 0.1) is 0 Å². The molecule has 1 atom stereocenters. The fraction of sp³-hybridized carbons (Fsp3) is 0.455. The van der Waals surface area contributed by atoms with Crippen molar-refractivity contribution < 1.29 is 9.50 Å². The van der Waals surface area contributed by atoms with Crippen LogP contribution < -0.4 is 0 Å². The minimum absolute atomic E-state index is 0.209. The molecule has 0 heterocycles. The van der Waals surface area contributed by atoms with Crippen LogP contribution in [0.1, 0.15) is 36.8 Å². The summed E-state index contributed by atoms with van der Waals surface area (Å²) < 4.78 is 13.0. The van der Waals surface area contributed by atoms with Crippen LogP contribution in [-0.2, 0) is 6.42 Å². The topological polar surface area (TPSA) is 20.2 Å². The minimum Gasteiger partial charge on any atom is -0.505 e. The zero-order valence-corrected chi connectivity index (χ0v) is 7.68. The highest BCUT2D eigenvalue weighted by atomic mass is 19.1. The maximum Gasteiger partial charge on any atom is 0.165 e. The number of benzene rings is 1. The summed E-state index contributed by atoms with van der Waals surface area (Å²) >= 11 is 0. The molecule has 1 nitrogen and oxygen atoms in total. The molecule has 13 heavy (non-hydrogen) atoms. The van der Waals surface area contributed by atoms with Gasteiger partial charge in [0.25, 0.3) is 0 Å². The first-order valence-corrected chi connectivity index (χ1v) is 4.73. The Labute approximate surface area is 77.2 Å². The SMILES string of the molecule is CCC1CCc2cc(F)c(O)cc21. The van der Waals surface area contributed by atoms with Gasteiger partial charge in [0, 0.05) is 0 Å². The van der Waals surface area contributed by atoms with Gasteiger partial charge in [-0.3, -0.25) is 0 Å². The molecule has 1 N–H and O–H groups in total. The van der Waals surface area contributed by atoms with Crippen molar-refractivity contribution in [1.82, 2.24) is 0 Å². The zero-order valence-electron chi connectivity index (χ0n) is 7.68. The molecular weight excluding hydrogens is 167 g/mol. The lowest BCUT2D eigenvalue weighted by atomic mass is 9.98. The Morgan fingerprint density at radius 2 is 2.31 bits per heavy atom. The van der Waals surface area contributed by atoms with E-state index in [4.69, 9.17) is 0 Å². The van der Waals surface area contributed by atoms with E-state index >= 15 is 0 Å². The number of aryl methyl sites for hydroxylation is 1. The molecule has 0 saturated carbocycles. The van der Waals surface area contributed by atoms with Gasteiger partial charge in [-0.15, -0.1) is 0 Å². The summed E-state index contributed by atoms with van der Waals surface area (Å²) in [5.41, 5.74) is 2.21. The molecule has 0 aliphatic heterocycles. The second-order valence-corrected chi connectivity index (χ2v) is 3.65. The van der Waals surface area contributed by atoms with Crippen LogP contribution in [0.25, 0.3) is 0 Å². The lowest BCUT2D eigenvalue weighted by Gasteiger charge is -2.08. The fourth-order valence-electron chi connectivity index (χ4n) is 2.12. The molecule has 1 aliphatic rings. The highest BCUT2D eigenvalue weighted by Gasteiger charge is 2.22. The van der Waals surface area contributed by atoms with E-state index in [1.807, 2.05) is 0 Å². The number of phenols is 1. The number of hydrogen-bond acceptors (Lipinski definition) is 1. The molecule has 0 saturated heterocycles. The van der Waals surface area contributed by atoms with Gasteiger partial charge in [0.1, 0.15) is 0 Å². The summed E-state index contributed by atoms with van der Waals surface area (Å²) in [6, 6.07) is 3.06. The van der Waals surface area contributed by atoms with Crippen molar-refractivity contribution in [3.05, 3.63) is 29.1 Å². The van der Waals surface area contributed by atoms with E-state index < -0.39 is 5.82 Å². The summed E-state index contributed by atoms with van der Waals surface area (Å²) in [6.45, 7) is 2.13. The average Bonchev–Trinajstić information content (AvgIpc) is 2.48. The van der Waals surface area contributed by atoms with Crippen LogP contribution in [0.15, 0.2) is 12.1 Å². The maximum atomic E-state index is 13.0. The molecule has 0 spiro atoms. The molecule has 1 aromatic rings. The van der Waals surface area contributed by atoms with Gasteiger partial charge >= 0.3 is 0 Å². The molecule has 2 rings (SSSR count). The van der Waals surface area contributed by atoms with Crippen LogP contribution in [0.5, 0.6) is 5.75 Å². The van der Waals surface area contributed by atoms with E-state index in [0.29, 0.717) is 5.92 Å². The molecule has 1 aromatic carbocycles. The predicted octanol–water partition coefficient (Wildman–Crippen LogP) is 2.97. The third-order valence-electron chi connectivity index (χ3n) is 2.90. The smallest absolute Gasteiger partial charge is 0.165 e. The highest BCUT2D eigenvalue weighted by Crippen LogP contribution is 2.38. The average molecular weight is 180 g/mol. The van der Waals surface area contributed by atoms with E-state index in [-0.39, 0.29) is 5.75 Å². The molecule has 0 radical (unpaired) electrons. The summed E-state index contributed by atoms with van der Waals surface area (Å²) in [5.74, 6) is -0.184. The maximum absolute atomic E-state index is 13.0. The molecule has 70 valence electrons. The number of hydrogen-bond donors (Lipinski definition) is 1. The first kappa shape index (κ1) is 8.54. The summed E-state index contributed by atoms with van der Waals surface area (Å²) in [4.78, 5) is 0. The standard InChI is InChI=1S/C11H13FO/c1-2-7-3-4-8-5-10(12)11(13)6-9(7)8/h5-7,13H,2-4H2,1H3. The largest absolute Gasteiger partial charge is 0.505 e. The predicted molar refractivity (Wildman–Crippen MR) is 49.4 cm³/mol. The van der Waals surface area contributed by atoms with Crippen LogP contribution in [-0.4, -0.2) is 5.11 Å². The quantitative estimate of drug-likeness (QED) is 0.704. The monoisotopic (exact) mass is 180 g/mol. The Hall–Kier alpha value is -1.05. The first-order chi connectivity index (χ1) is 6.22. The lowest BCUT2D eigenvalue weighted by Crippen LogP contribution is -1.91. The second kappa shape index (κ2) is 3.02.